The number of ether oxygens (including phenoxy) is 2. The van der Waals surface area contributed by atoms with Crippen molar-refractivity contribution in [1.29, 1.82) is 0 Å². The van der Waals surface area contributed by atoms with Gasteiger partial charge >= 0.3 is 0 Å². The van der Waals surface area contributed by atoms with Gasteiger partial charge in [0.15, 0.2) is 0 Å². The molecule has 1 fully saturated rings. The van der Waals surface area contributed by atoms with Crippen molar-refractivity contribution >= 4 is 0 Å². The maximum Gasteiger partial charge on any atom is 0.103 e. The molecule has 2 atom stereocenters. The number of aliphatic hydroxyl groups excluding tert-OH is 1. The second-order valence-electron chi connectivity index (χ2n) is 5.50. The molecule has 2 rings (SSSR count). The maximum absolute atomic E-state index is 10.3. The van der Waals surface area contributed by atoms with E-state index in [1.807, 2.05) is 13.8 Å². The molecular formula is C16H24O3. The smallest absolute Gasteiger partial charge is 0.103 e. The van der Waals surface area contributed by atoms with Gasteiger partial charge in [0.1, 0.15) is 6.10 Å². The Morgan fingerprint density at radius 1 is 1.32 bits per heavy atom. The molecule has 1 heterocycles. The second kappa shape index (κ2) is 6.51. The van der Waals surface area contributed by atoms with Crippen LogP contribution in [0, 0.1) is 20.8 Å². The molecule has 0 spiro atoms. The SMILES string of the molecule is Cc1cc(C)c(C(O)COCC2CCCO2)c(C)c1. The highest BCUT2D eigenvalue weighted by Gasteiger charge is 2.18. The van der Waals surface area contributed by atoms with Crippen molar-refractivity contribution < 1.29 is 14.6 Å². The Bertz CT molecular complexity index is 399. The van der Waals surface area contributed by atoms with Gasteiger partial charge in [-0.3, -0.25) is 0 Å². The molecule has 0 bridgehead atoms. The average Bonchev–Trinajstić information content (AvgIpc) is 2.80. The predicted molar refractivity (Wildman–Crippen MR) is 75.4 cm³/mol. The third-order valence-electron chi connectivity index (χ3n) is 3.67. The van der Waals surface area contributed by atoms with Crippen LogP contribution in [0.3, 0.4) is 0 Å². The molecule has 0 saturated carbocycles. The largest absolute Gasteiger partial charge is 0.386 e. The third kappa shape index (κ3) is 3.78. The summed E-state index contributed by atoms with van der Waals surface area (Å²) in [6.07, 6.45) is 1.85. The van der Waals surface area contributed by atoms with Crippen molar-refractivity contribution in [1.82, 2.24) is 0 Å². The molecule has 106 valence electrons. The van der Waals surface area contributed by atoms with Crippen LogP contribution in [0.25, 0.3) is 0 Å². The van der Waals surface area contributed by atoms with Gasteiger partial charge in [0.25, 0.3) is 0 Å². The molecule has 19 heavy (non-hydrogen) atoms. The van der Waals surface area contributed by atoms with E-state index >= 15 is 0 Å². The zero-order valence-electron chi connectivity index (χ0n) is 12.1. The first-order valence-electron chi connectivity index (χ1n) is 7.03. The van der Waals surface area contributed by atoms with Gasteiger partial charge in [0.2, 0.25) is 0 Å². The van der Waals surface area contributed by atoms with Gasteiger partial charge in [-0.2, -0.15) is 0 Å². The quantitative estimate of drug-likeness (QED) is 0.888. The summed E-state index contributed by atoms with van der Waals surface area (Å²) in [6, 6.07) is 4.21. The van der Waals surface area contributed by atoms with Gasteiger partial charge in [-0.25, -0.2) is 0 Å². The third-order valence-corrected chi connectivity index (χ3v) is 3.67. The normalized spacial score (nSPS) is 20.7. The summed E-state index contributed by atoms with van der Waals surface area (Å²) in [5, 5.41) is 10.3. The highest BCUT2D eigenvalue weighted by atomic mass is 16.5. The van der Waals surface area contributed by atoms with E-state index < -0.39 is 6.10 Å². The topological polar surface area (TPSA) is 38.7 Å². The summed E-state index contributed by atoms with van der Waals surface area (Å²) in [5.41, 5.74) is 4.49. The number of rotatable bonds is 5. The first kappa shape index (κ1) is 14.5. The van der Waals surface area contributed by atoms with E-state index in [9.17, 15) is 5.11 Å². The lowest BCUT2D eigenvalue weighted by molar-refractivity contribution is -0.0179. The predicted octanol–water partition coefficient (Wildman–Crippen LogP) is 2.84. The van der Waals surface area contributed by atoms with E-state index in [-0.39, 0.29) is 6.10 Å². The van der Waals surface area contributed by atoms with Crippen LogP contribution in [0.5, 0.6) is 0 Å². The molecule has 1 aliphatic heterocycles. The summed E-state index contributed by atoms with van der Waals surface area (Å²) >= 11 is 0. The van der Waals surface area contributed by atoms with Crippen LogP contribution in [0.15, 0.2) is 12.1 Å². The molecule has 1 N–H and O–H groups in total. The molecular weight excluding hydrogens is 240 g/mol. The Labute approximate surface area is 115 Å². The van der Waals surface area contributed by atoms with Crippen LogP contribution < -0.4 is 0 Å². The summed E-state index contributed by atoms with van der Waals surface area (Å²) in [6.45, 7) is 7.92. The van der Waals surface area contributed by atoms with Crippen LogP contribution in [0.4, 0.5) is 0 Å². The lowest BCUT2D eigenvalue weighted by atomic mass is 9.96. The lowest BCUT2D eigenvalue weighted by Crippen LogP contribution is -2.18. The monoisotopic (exact) mass is 264 g/mol. The van der Waals surface area contributed by atoms with Gasteiger partial charge in [0, 0.05) is 6.61 Å². The van der Waals surface area contributed by atoms with Gasteiger partial charge in [-0.1, -0.05) is 17.7 Å². The molecule has 0 radical (unpaired) electrons. The lowest BCUT2D eigenvalue weighted by Gasteiger charge is -2.18. The number of aryl methyl sites for hydroxylation is 3. The molecule has 1 aliphatic rings. The molecule has 1 aromatic carbocycles. The fraction of sp³-hybridized carbons (Fsp3) is 0.625. The highest BCUT2D eigenvalue weighted by molar-refractivity contribution is 5.38. The van der Waals surface area contributed by atoms with E-state index in [4.69, 9.17) is 9.47 Å². The average molecular weight is 264 g/mol. The minimum atomic E-state index is -0.554. The van der Waals surface area contributed by atoms with Crippen molar-refractivity contribution in [3.63, 3.8) is 0 Å². The minimum absolute atomic E-state index is 0.215. The van der Waals surface area contributed by atoms with Crippen molar-refractivity contribution in [2.45, 2.75) is 45.8 Å². The summed E-state index contributed by atoms with van der Waals surface area (Å²) < 4.78 is 11.1. The van der Waals surface area contributed by atoms with Gasteiger partial charge < -0.3 is 14.6 Å². The number of hydrogen-bond donors (Lipinski definition) is 1. The molecule has 0 amide bonds. The van der Waals surface area contributed by atoms with E-state index in [1.54, 1.807) is 0 Å². The summed E-state index contributed by atoms with van der Waals surface area (Å²) in [5.74, 6) is 0. The Balaban J connectivity index is 1.90. The summed E-state index contributed by atoms with van der Waals surface area (Å²) in [7, 11) is 0. The van der Waals surface area contributed by atoms with Crippen molar-refractivity contribution in [3.8, 4) is 0 Å². The fourth-order valence-electron chi connectivity index (χ4n) is 2.89. The number of aliphatic hydroxyl groups is 1. The molecule has 3 nitrogen and oxygen atoms in total. The fourth-order valence-corrected chi connectivity index (χ4v) is 2.89. The standard InChI is InChI=1S/C16H24O3/c1-11-7-12(2)16(13(3)8-11)15(17)10-18-9-14-5-4-6-19-14/h7-8,14-15,17H,4-6,9-10H2,1-3H3. The molecule has 0 aromatic heterocycles. The Hall–Kier alpha value is -0.900. The van der Waals surface area contributed by atoms with Gasteiger partial charge in [-0.15, -0.1) is 0 Å². The van der Waals surface area contributed by atoms with Crippen molar-refractivity contribution in [2.24, 2.45) is 0 Å². The Morgan fingerprint density at radius 3 is 2.58 bits per heavy atom. The molecule has 0 aliphatic carbocycles. The first-order valence-corrected chi connectivity index (χ1v) is 7.03. The number of hydrogen-bond acceptors (Lipinski definition) is 3. The van der Waals surface area contributed by atoms with Crippen LogP contribution in [-0.4, -0.2) is 31.0 Å². The van der Waals surface area contributed by atoms with Gasteiger partial charge in [-0.05, 0) is 50.3 Å². The number of benzene rings is 1. The van der Waals surface area contributed by atoms with Crippen molar-refractivity contribution in [2.75, 3.05) is 19.8 Å². The van der Waals surface area contributed by atoms with Crippen molar-refractivity contribution in [3.05, 3.63) is 34.4 Å². The van der Waals surface area contributed by atoms with Crippen LogP contribution >= 0.6 is 0 Å². The highest BCUT2D eigenvalue weighted by Crippen LogP contribution is 2.24. The zero-order chi connectivity index (χ0) is 13.8. The van der Waals surface area contributed by atoms with Crippen LogP contribution in [-0.2, 0) is 9.47 Å². The van der Waals surface area contributed by atoms with Gasteiger partial charge in [0.05, 0.1) is 19.3 Å². The van der Waals surface area contributed by atoms with E-state index in [1.165, 1.54) is 5.56 Å². The Kier molecular flexibility index (Phi) is 4.97. The first-order chi connectivity index (χ1) is 9.08. The second-order valence-corrected chi connectivity index (χ2v) is 5.50. The maximum atomic E-state index is 10.3. The molecule has 1 saturated heterocycles. The molecule has 3 heteroatoms. The molecule has 1 aromatic rings. The van der Waals surface area contributed by atoms with E-state index in [0.717, 1.165) is 36.1 Å². The van der Waals surface area contributed by atoms with E-state index in [0.29, 0.717) is 13.2 Å². The molecule has 2 unspecified atom stereocenters. The van der Waals surface area contributed by atoms with Crippen LogP contribution in [0.1, 0.15) is 41.2 Å². The Morgan fingerprint density at radius 2 is 2.00 bits per heavy atom. The van der Waals surface area contributed by atoms with E-state index in [2.05, 4.69) is 19.1 Å². The van der Waals surface area contributed by atoms with Crippen LogP contribution in [0.2, 0.25) is 0 Å². The zero-order valence-corrected chi connectivity index (χ0v) is 12.1. The summed E-state index contributed by atoms with van der Waals surface area (Å²) in [4.78, 5) is 0. The minimum Gasteiger partial charge on any atom is -0.386 e.